The van der Waals surface area contributed by atoms with Crippen LogP contribution >= 0.6 is 0 Å². The van der Waals surface area contributed by atoms with Gasteiger partial charge in [-0.1, -0.05) is 0 Å². The van der Waals surface area contributed by atoms with Crippen LogP contribution in [0, 0.1) is 12.8 Å². The molecule has 0 radical (unpaired) electrons. The van der Waals surface area contributed by atoms with Crippen LogP contribution in [0.15, 0.2) is 12.4 Å². The second-order valence-electron chi connectivity index (χ2n) is 4.47. The average molecular weight is 217 g/mol. The molecule has 3 heterocycles. The van der Waals surface area contributed by atoms with Gasteiger partial charge in [0.1, 0.15) is 0 Å². The number of aromatic nitrogens is 4. The molecule has 2 aromatic heterocycles. The van der Waals surface area contributed by atoms with Crippen LogP contribution in [0.5, 0.6) is 0 Å². The van der Waals surface area contributed by atoms with Crippen LogP contribution in [0.1, 0.15) is 17.8 Å². The lowest BCUT2D eigenvalue weighted by Gasteiger charge is -2.02. The van der Waals surface area contributed by atoms with Gasteiger partial charge in [-0.05, 0) is 37.9 Å². The van der Waals surface area contributed by atoms with Crippen LogP contribution in [-0.2, 0) is 6.42 Å². The zero-order valence-electron chi connectivity index (χ0n) is 9.35. The van der Waals surface area contributed by atoms with Crippen LogP contribution in [0.2, 0.25) is 0 Å². The summed E-state index contributed by atoms with van der Waals surface area (Å²) in [6.45, 7) is 4.21. The Balaban J connectivity index is 1.86. The molecular formula is C11H15N5. The van der Waals surface area contributed by atoms with Crippen LogP contribution in [0.4, 0.5) is 0 Å². The van der Waals surface area contributed by atoms with E-state index in [9.17, 15) is 0 Å². The third kappa shape index (κ3) is 1.78. The summed E-state index contributed by atoms with van der Waals surface area (Å²) in [6, 6.07) is 0. The molecule has 1 unspecified atom stereocenters. The molecule has 5 nitrogen and oxygen atoms in total. The lowest BCUT2D eigenvalue weighted by molar-refractivity contribution is 0.561. The monoisotopic (exact) mass is 217 g/mol. The zero-order chi connectivity index (χ0) is 11.0. The molecular weight excluding hydrogens is 202 g/mol. The highest BCUT2D eigenvalue weighted by Crippen LogP contribution is 2.13. The Morgan fingerprint density at radius 1 is 1.56 bits per heavy atom. The first kappa shape index (κ1) is 9.72. The molecule has 3 rings (SSSR count). The summed E-state index contributed by atoms with van der Waals surface area (Å²) in [5, 5.41) is 7.81. The molecule has 0 saturated carbocycles. The Kier molecular flexibility index (Phi) is 2.32. The van der Waals surface area contributed by atoms with E-state index in [0.29, 0.717) is 11.7 Å². The van der Waals surface area contributed by atoms with Crippen LogP contribution in [-0.4, -0.2) is 32.7 Å². The fourth-order valence-corrected chi connectivity index (χ4v) is 2.15. The molecule has 1 aliphatic rings. The second kappa shape index (κ2) is 3.83. The molecule has 1 N–H and O–H groups in total. The summed E-state index contributed by atoms with van der Waals surface area (Å²) in [7, 11) is 0. The van der Waals surface area contributed by atoms with Crippen molar-refractivity contribution in [3.8, 4) is 0 Å². The largest absolute Gasteiger partial charge is 0.316 e. The number of hydrogen-bond donors (Lipinski definition) is 1. The lowest BCUT2D eigenvalue weighted by atomic mass is 10.1. The number of fused-ring (bicyclic) bond motifs is 1. The summed E-state index contributed by atoms with van der Waals surface area (Å²) >= 11 is 0. The Labute approximate surface area is 93.9 Å². The summed E-state index contributed by atoms with van der Waals surface area (Å²) in [5.74, 6) is 2.29. The fraction of sp³-hybridized carbons (Fsp3) is 0.545. The Bertz CT molecular complexity index is 498. The third-order valence-electron chi connectivity index (χ3n) is 3.00. The van der Waals surface area contributed by atoms with Gasteiger partial charge >= 0.3 is 0 Å². The van der Waals surface area contributed by atoms with E-state index in [2.05, 4.69) is 20.4 Å². The maximum Gasteiger partial charge on any atom is 0.252 e. The van der Waals surface area contributed by atoms with Crippen LogP contribution in [0.25, 0.3) is 5.78 Å². The fourth-order valence-electron chi connectivity index (χ4n) is 2.15. The van der Waals surface area contributed by atoms with Crippen molar-refractivity contribution in [2.45, 2.75) is 19.8 Å². The number of aryl methyl sites for hydroxylation is 1. The van der Waals surface area contributed by atoms with Crippen LogP contribution < -0.4 is 5.32 Å². The zero-order valence-corrected chi connectivity index (χ0v) is 9.35. The number of rotatable bonds is 2. The van der Waals surface area contributed by atoms with E-state index in [1.807, 2.05) is 19.3 Å². The van der Waals surface area contributed by atoms with Crippen LogP contribution in [0.3, 0.4) is 0 Å². The first-order valence-corrected chi connectivity index (χ1v) is 5.70. The third-order valence-corrected chi connectivity index (χ3v) is 3.00. The molecule has 0 aliphatic carbocycles. The summed E-state index contributed by atoms with van der Waals surface area (Å²) in [5.41, 5.74) is 1.10. The Hall–Kier alpha value is -1.49. The maximum absolute atomic E-state index is 4.45. The van der Waals surface area contributed by atoms with Gasteiger partial charge < -0.3 is 5.32 Å². The van der Waals surface area contributed by atoms with Gasteiger partial charge in [-0.15, -0.1) is 5.10 Å². The maximum atomic E-state index is 4.45. The average Bonchev–Trinajstić information content (AvgIpc) is 2.86. The lowest BCUT2D eigenvalue weighted by Crippen LogP contribution is -2.11. The normalized spacial score (nSPS) is 20.7. The van der Waals surface area contributed by atoms with Crippen molar-refractivity contribution in [2.24, 2.45) is 5.92 Å². The topological polar surface area (TPSA) is 55.1 Å². The van der Waals surface area contributed by atoms with Crippen molar-refractivity contribution in [3.63, 3.8) is 0 Å². The summed E-state index contributed by atoms with van der Waals surface area (Å²) in [4.78, 5) is 8.68. The minimum absolute atomic E-state index is 0.679. The van der Waals surface area contributed by atoms with Crippen molar-refractivity contribution >= 4 is 5.78 Å². The minimum atomic E-state index is 0.679. The van der Waals surface area contributed by atoms with Crippen molar-refractivity contribution in [2.75, 3.05) is 13.1 Å². The van der Waals surface area contributed by atoms with Gasteiger partial charge in [-0.25, -0.2) is 9.50 Å². The molecule has 2 aromatic rings. The van der Waals surface area contributed by atoms with E-state index >= 15 is 0 Å². The van der Waals surface area contributed by atoms with Crippen molar-refractivity contribution < 1.29 is 0 Å². The highest BCUT2D eigenvalue weighted by Gasteiger charge is 2.17. The molecule has 16 heavy (non-hydrogen) atoms. The van der Waals surface area contributed by atoms with Gasteiger partial charge in [0.15, 0.2) is 5.82 Å². The molecule has 1 fully saturated rings. The highest BCUT2D eigenvalue weighted by atomic mass is 15.3. The minimum Gasteiger partial charge on any atom is -0.316 e. The first-order valence-electron chi connectivity index (χ1n) is 5.70. The SMILES string of the molecule is Cc1cnc2nc(CC3CCNC3)nn2c1. The van der Waals surface area contributed by atoms with Gasteiger partial charge in [0.2, 0.25) is 0 Å². The molecule has 1 aliphatic heterocycles. The number of nitrogens with one attached hydrogen (secondary N) is 1. The predicted octanol–water partition coefficient (Wildman–Crippen LogP) is 0.585. The van der Waals surface area contributed by atoms with Crippen molar-refractivity contribution in [1.82, 2.24) is 24.9 Å². The van der Waals surface area contributed by atoms with Crippen molar-refractivity contribution in [3.05, 3.63) is 23.8 Å². The molecule has 0 spiro atoms. The second-order valence-corrected chi connectivity index (χ2v) is 4.47. The van der Waals surface area contributed by atoms with E-state index in [1.165, 1.54) is 6.42 Å². The van der Waals surface area contributed by atoms with Gasteiger partial charge in [-0.2, -0.15) is 4.98 Å². The van der Waals surface area contributed by atoms with Gasteiger partial charge in [0.25, 0.3) is 5.78 Å². The van der Waals surface area contributed by atoms with E-state index in [-0.39, 0.29) is 0 Å². The van der Waals surface area contributed by atoms with E-state index in [1.54, 1.807) is 4.52 Å². The molecule has 1 atom stereocenters. The number of hydrogen-bond acceptors (Lipinski definition) is 4. The van der Waals surface area contributed by atoms with E-state index in [4.69, 9.17) is 0 Å². The van der Waals surface area contributed by atoms with Gasteiger partial charge in [0.05, 0.1) is 0 Å². The van der Waals surface area contributed by atoms with Gasteiger partial charge in [0, 0.05) is 18.8 Å². The molecule has 84 valence electrons. The molecule has 0 amide bonds. The highest BCUT2D eigenvalue weighted by molar-refractivity contribution is 5.27. The standard InChI is InChI=1S/C11H15N5/c1-8-5-13-11-14-10(15-16(11)7-8)4-9-2-3-12-6-9/h5,7,9,12H,2-4,6H2,1H3. The summed E-state index contributed by atoms with van der Waals surface area (Å²) in [6.07, 6.45) is 5.97. The predicted molar refractivity (Wildman–Crippen MR) is 60.2 cm³/mol. The molecule has 0 bridgehead atoms. The smallest absolute Gasteiger partial charge is 0.252 e. The Morgan fingerprint density at radius 3 is 3.31 bits per heavy atom. The molecule has 1 saturated heterocycles. The molecule has 0 aromatic carbocycles. The van der Waals surface area contributed by atoms with Gasteiger partial charge in [-0.3, -0.25) is 0 Å². The number of nitrogens with zero attached hydrogens (tertiary/aromatic N) is 4. The first-order chi connectivity index (χ1) is 7.81. The Morgan fingerprint density at radius 2 is 2.50 bits per heavy atom. The summed E-state index contributed by atoms with van der Waals surface area (Å²) < 4.78 is 1.77. The quantitative estimate of drug-likeness (QED) is 0.799. The van der Waals surface area contributed by atoms with E-state index in [0.717, 1.165) is 30.9 Å². The van der Waals surface area contributed by atoms with E-state index < -0.39 is 0 Å². The van der Waals surface area contributed by atoms with Crippen molar-refractivity contribution in [1.29, 1.82) is 0 Å². The molecule has 5 heteroatoms.